The third kappa shape index (κ3) is 12.4. The first-order valence-electron chi connectivity index (χ1n) is 25.7. The number of fused-ring (bicyclic) bond motifs is 2. The molecule has 404 valence electrons. The Morgan fingerprint density at radius 1 is 0.532 bits per heavy atom. The number of nitrogens with zero attached hydrogens (tertiary/aromatic N) is 9. The van der Waals surface area contributed by atoms with E-state index in [4.69, 9.17) is 10.7 Å². The van der Waals surface area contributed by atoms with Gasteiger partial charge in [-0.3, -0.25) is 33.3 Å². The van der Waals surface area contributed by atoms with Gasteiger partial charge in [0.25, 0.3) is 42.7 Å². The van der Waals surface area contributed by atoms with Crippen LogP contribution in [0.3, 0.4) is 0 Å². The molecule has 6 aliphatic rings. The molecule has 4 amide bonds. The minimum absolute atomic E-state index is 0.00684. The van der Waals surface area contributed by atoms with Gasteiger partial charge in [0, 0.05) is 154 Å². The Morgan fingerprint density at radius 3 is 1.49 bits per heavy atom. The first-order valence-corrected chi connectivity index (χ1v) is 31.2. The van der Waals surface area contributed by atoms with E-state index in [-0.39, 0.29) is 33.4 Å². The van der Waals surface area contributed by atoms with Gasteiger partial charge < -0.3 is 24.9 Å². The SMILES string of the molecule is O=C(c1ccc2c(c1)CCCN2)N1CC(N2CCN(C(=O)c3nccs3)CC2)C1.O=C(c1ccc2c(c1)CCCN2S(=O)(=O)c1ccccc1)N1CC(N2CCN(C(=O)c3nccs3)CC2)C1.O=S(=O)(Cl)c1ccccc1. The van der Waals surface area contributed by atoms with Crippen LogP contribution in [0, 0.1) is 0 Å². The fourth-order valence-electron chi connectivity index (χ4n) is 10.4. The molecule has 0 aliphatic carbocycles. The highest BCUT2D eigenvalue weighted by molar-refractivity contribution is 8.13. The standard InChI is InChI=1S/C27H29N5O4S2.C21H25N5O2S.C6H5ClO2S/c33-26(31-18-22(19-31)29-12-14-30(15-13-29)27(34)25-28-10-16-37-25)21-8-9-24-20(17-21)5-4-11-32(24)38(35,36)23-6-2-1-3-7-23;27-20(16-3-4-18-15(12-16)2-1-5-22-18)26-13-17(14-26)24-7-9-25(10-8-24)21(28)19-23-6-11-29-19;7-10(8,9)6-4-2-1-3-5-6/h1-3,6-10,16-17,22H,4-5,11-15,18-19H2;3-4,6,11-12,17,22H,1-2,5,7-10,13-14H2;1-5H. The van der Waals surface area contributed by atoms with E-state index < -0.39 is 19.1 Å². The van der Waals surface area contributed by atoms with Crippen molar-refractivity contribution < 1.29 is 36.0 Å². The number of halogens is 1. The van der Waals surface area contributed by atoms with E-state index >= 15 is 0 Å². The van der Waals surface area contributed by atoms with E-state index in [1.54, 1.807) is 73.1 Å². The van der Waals surface area contributed by atoms with Gasteiger partial charge in [-0.25, -0.2) is 26.8 Å². The maximum atomic E-state index is 13.3. The Morgan fingerprint density at radius 2 is 1.01 bits per heavy atom. The summed E-state index contributed by atoms with van der Waals surface area (Å²) in [5.74, 6) is 0.136. The number of hydrogen-bond acceptors (Lipinski definition) is 15. The summed E-state index contributed by atoms with van der Waals surface area (Å²) in [7, 11) is -2.16. The van der Waals surface area contributed by atoms with Gasteiger partial charge in [0.1, 0.15) is 0 Å². The monoisotopic (exact) mass is 1140 g/mol. The van der Waals surface area contributed by atoms with E-state index in [1.165, 1.54) is 50.4 Å². The second-order valence-corrected chi connectivity index (χ2v) is 25.8. The highest BCUT2D eigenvalue weighted by Gasteiger charge is 2.39. The minimum Gasteiger partial charge on any atom is -0.385 e. The van der Waals surface area contributed by atoms with Crippen LogP contribution in [0.4, 0.5) is 11.4 Å². The van der Waals surface area contributed by atoms with Crippen LogP contribution in [0.5, 0.6) is 0 Å². The van der Waals surface area contributed by atoms with Gasteiger partial charge >= 0.3 is 0 Å². The number of carbonyl (C=O) groups excluding carboxylic acids is 4. The molecule has 0 spiro atoms. The van der Waals surface area contributed by atoms with Crippen LogP contribution in [0.15, 0.2) is 130 Å². The van der Waals surface area contributed by atoms with Gasteiger partial charge in [0.05, 0.1) is 15.5 Å². The van der Waals surface area contributed by atoms with Gasteiger partial charge in [0.2, 0.25) is 0 Å². The quantitative estimate of drug-likeness (QED) is 0.167. The van der Waals surface area contributed by atoms with Crippen LogP contribution in [-0.2, 0) is 31.9 Å². The summed E-state index contributed by atoms with van der Waals surface area (Å²) in [6, 6.07) is 28.4. The predicted molar refractivity (Wildman–Crippen MR) is 297 cm³/mol. The number of sulfonamides is 1. The largest absolute Gasteiger partial charge is 0.385 e. The lowest BCUT2D eigenvalue weighted by atomic mass is 9.98. The second kappa shape index (κ2) is 23.8. The lowest BCUT2D eigenvalue weighted by molar-refractivity contribution is 0.00806. The number of piperazine rings is 2. The van der Waals surface area contributed by atoms with Crippen LogP contribution in [0.2, 0.25) is 0 Å². The number of carbonyl (C=O) groups is 4. The Balaban J connectivity index is 0.000000152. The van der Waals surface area contributed by atoms with E-state index in [2.05, 4.69) is 31.2 Å². The number of benzene rings is 4. The number of rotatable bonds is 9. The molecule has 0 radical (unpaired) electrons. The molecule has 6 aromatic rings. The third-order valence-electron chi connectivity index (χ3n) is 14.8. The Kier molecular flexibility index (Phi) is 16.7. The molecule has 0 bridgehead atoms. The van der Waals surface area contributed by atoms with Crippen LogP contribution in [0.1, 0.15) is 64.3 Å². The van der Waals surface area contributed by atoms with E-state index in [9.17, 15) is 36.0 Å². The summed E-state index contributed by atoms with van der Waals surface area (Å²) in [6.07, 6.45) is 6.93. The summed E-state index contributed by atoms with van der Waals surface area (Å²) in [6.45, 7) is 10.3. The van der Waals surface area contributed by atoms with Crippen molar-refractivity contribution in [1.82, 2.24) is 39.4 Å². The number of thiazole rings is 2. The van der Waals surface area contributed by atoms with Crippen molar-refractivity contribution in [3.63, 3.8) is 0 Å². The minimum atomic E-state index is -3.66. The molecule has 6 aliphatic heterocycles. The first kappa shape index (κ1) is 54.1. The molecule has 23 heteroatoms. The van der Waals surface area contributed by atoms with Gasteiger partial charge in [-0.1, -0.05) is 36.4 Å². The second-order valence-electron chi connectivity index (χ2n) is 19.5. The van der Waals surface area contributed by atoms with Crippen molar-refractivity contribution in [3.8, 4) is 0 Å². The van der Waals surface area contributed by atoms with E-state index in [0.717, 1.165) is 89.3 Å². The van der Waals surface area contributed by atoms with Crippen molar-refractivity contribution in [2.24, 2.45) is 0 Å². The highest BCUT2D eigenvalue weighted by atomic mass is 35.7. The predicted octanol–water partition coefficient (Wildman–Crippen LogP) is 5.96. The number of likely N-dealkylation sites (tertiary alicyclic amines) is 2. The summed E-state index contributed by atoms with van der Waals surface area (Å²) >= 11 is 2.76. The summed E-state index contributed by atoms with van der Waals surface area (Å²) in [4.78, 5) is 72.0. The van der Waals surface area contributed by atoms with E-state index in [1.807, 2.05) is 48.6 Å². The lowest BCUT2D eigenvalue weighted by Gasteiger charge is -2.48. The van der Waals surface area contributed by atoms with Crippen LogP contribution in [0.25, 0.3) is 0 Å². The third-order valence-corrected chi connectivity index (χ3v) is 19.5. The number of amides is 4. The van der Waals surface area contributed by atoms with Crippen molar-refractivity contribution in [1.29, 1.82) is 0 Å². The molecule has 0 unspecified atom stereocenters. The number of aryl methyl sites for hydroxylation is 2. The Hall–Kier alpha value is -6.27. The molecular formula is C54H59ClN10O8S4. The molecule has 2 aromatic heterocycles. The van der Waals surface area contributed by atoms with Crippen LogP contribution < -0.4 is 9.62 Å². The average Bonchev–Trinajstić information content (AvgIpc) is 4.22. The van der Waals surface area contributed by atoms with Crippen molar-refractivity contribution in [2.75, 3.05) is 101 Å². The molecule has 77 heavy (non-hydrogen) atoms. The number of aromatic nitrogens is 2. The van der Waals surface area contributed by atoms with Crippen LogP contribution in [-0.4, -0.2) is 184 Å². The number of nitrogens with one attached hydrogen (secondary N) is 1. The molecular weight excluding hydrogens is 1080 g/mol. The molecule has 0 saturated carbocycles. The summed E-state index contributed by atoms with van der Waals surface area (Å²) < 4.78 is 49.2. The molecule has 1 N–H and O–H groups in total. The zero-order valence-electron chi connectivity index (χ0n) is 42.2. The fourth-order valence-corrected chi connectivity index (χ4v) is 14.0. The lowest BCUT2D eigenvalue weighted by Crippen LogP contribution is -2.64. The maximum Gasteiger partial charge on any atom is 0.282 e. The highest BCUT2D eigenvalue weighted by Crippen LogP contribution is 2.34. The van der Waals surface area contributed by atoms with Crippen molar-refractivity contribution >= 4 is 87.4 Å². The van der Waals surface area contributed by atoms with Gasteiger partial charge in [-0.15, -0.1) is 22.7 Å². The summed E-state index contributed by atoms with van der Waals surface area (Å²) in [5.41, 5.74) is 5.35. The topological polar surface area (TPSA) is 197 Å². The first-order chi connectivity index (χ1) is 37.2. The molecule has 8 heterocycles. The smallest absolute Gasteiger partial charge is 0.282 e. The van der Waals surface area contributed by atoms with E-state index in [0.29, 0.717) is 72.5 Å². The van der Waals surface area contributed by atoms with Crippen molar-refractivity contribution in [3.05, 3.63) is 152 Å². The maximum absolute atomic E-state index is 13.3. The molecule has 4 fully saturated rings. The normalized spacial score (nSPS) is 18.2. The molecule has 4 aromatic carbocycles. The zero-order valence-corrected chi connectivity index (χ0v) is 46.3. The van der Waals surface area contributed by atoms with Gasteiger partial charge in [-0.05, 0) is 97.5 Å². The number of anilines is 2. The molecule has 0 atom stereocenters. The molecule has 12 rings (SSSR count). The molecule has 4 saturated heterocycles. The Labute approximate surface area is 461 Å². The van der Waals surface area contributed by atoms with Crippen molar-refractivity contribution in [2.45, 2.75) is 47.6 Å². The number of hydrogen-bond donors (Lipinski definition) is 1. The zero-order chi connectivity index (χ0) is 53.7. The Bertz CT molecular complexity index is 3280. The fraction of sp³-hybridized carbons (Fsp3) is 0.370. The average molecular weight is 1140 g/mol. The molecule has 18 nitrogen and oxygen atoms in total. The van der Waals surface area contributed by atoms with Gasteiger partial charge in [-0.2, -0.15) is 0 Å². The van der Waals surface area contributed by atoms with Gasteiger partial charge in [0.15, 0.2) is 10.0 Å². The summed E-state index contributed by atoms with van der Waals surface area (Å²) in [5, 5.41) is 8.14. The van der Waals surface area contributed by atoms with Crippen LogP contribution >= 0.6 is 33.4 Å².